The molecule has 2 aliphatic rings. The van der Waals surface area contributed by atoms with Crippen molar-refractivity contribution in [1.82, 2.24) is 9.80 Å². The number of likely N-dealkylation sites (tertiary alicyclic amines) is 1. The third kappa shape index (κ3) is 3.05. The van der Waals surface area contributed by atoms with E-state index in [4.69, 9.17) is 5.73 Å². The molecule has 0 aromatic heterocycles. The number of rotatable bonds is 7. The molecule has 1 aliphatic carbocycles. The normalized spacial score (nSPS) is 28.8. The monoisotopic (exact) mass is 255 g/mol. The van der Waals surface area contributed by atoms with E-state index in [0.717, 1.165) is 45.6 Å². The molecular formula is C14H29N3O. The topological polar surface area (TPSA) is 52.7 Å². The second-order valence-corrected chi connectivity index (χ2v) is 5.98. The highest BCUT2D eigenvalue weighted by Gasteiger charge is 2.44. The van der Waals surface area contributed by atoms with Gasteiger partial charge in [-0.05, 0) is 44.8 Å². The van der Waals surface area contributed by atoms with E-state index in [9.17, 15) is 5.11 Å². The molecule has 0 bridgehead atoms. The molecule has 1 heterocycles. The summed E-state index contributed by atoms with van der Waals surface area (Å²) in [6.45, 7) is 10.1. The van der Waals surface area contributed by atoms with Gasteiger partial charge in [-0.25, -0.2) is 0 Å². The molecule has 0 aromatic rings. The number of nitrogens with two attached hydrogens (primary N) is 1. The van der Waals surface area contributed by atoms with E-state index in [1.165, 1.54) is 6.42 Å². The van der Waals surface area contributed by atoms with Crippen LogP contribution < -0.4 is 5.73 Å². The predicted octanol–water partition coefficient (Wildman–Crippen LogP) is 0.502. The van der Waals surface area contributed by atoms with Gasteiger partial charge in [-0.15, -0.1) is 0 Å². The van der Waals surface area contributed by atoms with Crippen LogP contribution in [-0.2, 0) is 0 Å². The zero-order valence-corrected chi connectivity index (χ0v) is 11.9. The largest absolute Gasteiger partial charge is 0.387 e. The molecule has 2 rings (SSSR count). The van der Waals surface area contributed by atoms with Gasteiger partial charge >= 0.3 is 0 Å². The van der Waals surface area contributed by atoms with Crippen LogP contribution in [0.15, 0.2) is 0 Å². The van der Waals surface area contributed by atoms with Crippen LogP contribution >= 0.6 is 0 Å². The van der Waals surface area contributed by atoms with Crippen molar-refractivity contribution >= 4 is 0 Å². The lowest BCUT2D eigenvalue weighted by molar-refractivity contribution is -0.00415. The summed E-state index contributed by atoms with van der Waals surface area (Å²) in [6.07, 6.45) is 3.54. The summed E-state index contributed by atoms with van der Waals surface area (Å²) in [4.78, 5) is 4.94. The average Bonchev–Trinajstić information content (AvgIpc) is 3.14. The minimum atomic E-state index is -0.627. The first-order valence-corrected chi connectivity index (χ1v) is 7.51. The fraction of sp³-hybridized carbons (Fsp3) is 1.00. The minimum absolute atomic E-state index is 0.407. The highest BCUT2D eigenvalue weighted by molar-refractivity contribution is 4.99. The Labute approximate surface area is 111 Å². The van der Waals surface area contributed by atoms with Gasteiger partial charge in [0.25, 0.3) is 0 Å². The van der Waals surface area contributed by atoms with E-state index in [2.05, 4.69) is 23.6 Å². The number of β-amino-alcohol motifs (C(OH)–C–C–N with tert-alkyl or cyclic N) is 1. The van der Waals surface area contributed by atoms with Gasteiger partial charge in [0.2, 0.25) is 0 Å². The molecule has 3 N–H and O–H groups in total. The standard InChI is InChI=1S/C14H29N3O/c1-3-17(4-2)13-7-8-16(9-13)11-14(18,10-15)12-5-6-12/h12-13,18H,3-11,15H2,1-2H3. The van der Waals surface area contributed by atoms with Crippen LogP contribution in [0.3, 0.4) is 0 Å². The summed E-state index contributed by atoms with van der Waals surface area (Å²) in [6, 6.07) is 0.668. The molecule has 2 unspecified atom stereocenters. The van der Waals surface area contributed by atoms with Gasteiger partial charge in [-0.2, -0.15) is 0 Å². The molecular weight excluding hydrogens is 226 g/mol. The average molecular weight is 255 g/mol. The van der Waals surface area contributed by atoms with Gasteiger partial charge in [0.05, 0.1) is 5.60 Å². The van der Waals surface area contributed by atoms with Crippen molar-refractivity contribution in [2.45, 2.75) is 44.8 Å². The van der Waals surface area contributed by atoms with E-state index in [1.54, 1.807) is 0 Å². The first kappa shape index (κ1) is 14.3. The second-order valence-electron chi connectivity index (χ2n) is 5.98. The summed E-state index contributed by atoms with van der Waals surface area (Å²) < 4.78 is 0. The SMILES string of the molecule is CCN(CC)C1CCN(CC(O)(CN)C2CC2)C1. The summed E-state index contributed by atoms with van der Waals surface area (Å²) in [5.74, 6) is 0.454. The van der Waals surface area contributed by atoms with Crippen molar-refractivity contribution in [3.8, 4) is 0 Å². The van der Waals surface area contributed by atoms with Crippen LogP contribution in [0, 0.1) is 5.92 Å². The van der Waals surface area contributed by atoms with E-state index in [1.807, 2.05) is 0 Å². The van der Waals surface area contributed by atoms with Gasteiger partial charge in [-0.1, -0.05) is 13.8 Å². The van der Waals surface area contributed by atoms with Crippen molar-refractivity contribution in [1.29, 1.82) is 0 Å². The Kier molecular flexibility index (Phi) is 4.64. The highest BCUT2D eigenvalue weighted by atomic mass is 16.3. The highest BCUT2D eigenvalue weighted by Crippen LogP contribution is 2.40. The van der Waals surface area contributed by atoms with Crippen LogP contribution in [0.4, 0.5) is 0 Å². The zero-order chi connectivity index (χ0) is 13.2. The van der Waals surface area contributed by atoms with Crippen molar-refractivity contribution in [2.24, 2.45) is 11.7 Å². The van der Waals surface area contributed by atoms with Gasteiger partial charge in [-0.3, -0.25) is 9.80 Å². The van der Waals surface area contributed by atoms with E-state index in [0.29, 0.717) is 18.5 Å². The summed E-state index contributed by atoms with van der Waals surface area (Å²) in [7, 11) is 0. The third-order valence-corrected chi connectivity index (χ3v) is 4.76. The second kappa shape index (κ2) is 5.87. The maximum absolute atomic E-state index is 10.6. The lowest BCUT2D eigenvalue weighted by atomic mass is 9.97. The van der Waals surface area contributed by atoms with Gasteiger partial charge in [0, 0.05) is 25.7 Å². The number of hydrogen-bond donors (Lipinski definition) is 2. The maximum atomic E-state index is 10.6. The molecule has 0 spiro atoms. The lowest BCUT2D eigenvalue weighted by Crippen LogP contribution is -2.50. The molecule has 106 valence electrons. The molecule has 0 aromatic carbocycles. The molecule has 4 heteroatoms. The van der Waals surface area contributed by atoms with Crippen LogP contribution in [0.2, 0.25) is 0 Å². The Morgan fingerprint density at radius 2 is 1.94 bits per heavy atom. The summed E-state index contributed by atoms with van der Waals surface area (Å²) >= 11 is 0. The van der Waals surface area contributed by atoms with Crippen LogP contribution in [-0.4, -0.2) is 65.8 Å². The molecule has 0 radical (unpaired) electrons. The van der Waals surface area contributed by atoms with E-state index < -0.39 is 5.60 Å². The Hall–Kier alpha value is -0.160. The molecule has 1 saturated carbocycles. The van der Waals surface area contributed by atoms with Crippen LogP contribution in [0.5, 0.6) is 0 Å². The molecule has 2 atom stereocenters. The summed E-state index contributed by atoms with van der Waals surface area (Å²) in [5.41, 5.74) is 5.16. The Bertz CT molecular complexity index is 266. The Morgan fingerprint density at radius 3 is 2.44 bits per heavy atom. The number of aliphatic hydroxyl groups is 1. The minimum Gasteiger partial charge on any atom is -0.387 e. The first-order valence-electron chi connectivity index (χ1n) is 7.51. The molecule has 0 amide bonds. The smallest absolute Gasteiger partial charge is 0.0923 e. The summed E-state index contributed by atoms with van der Waals surface area (Å²) in [5, 5.41) is 10.6. The third-order valence-electron chi connectivity index (χ3n) is 4.76. The maximum Gasteiger partial charge on any atom is 0.0923 e. The van der Waals surface area contributed by atoms with Crippen LogP contribution in [0.25, 0.3) is 0 Å². The Morgan fingerprint density at radius 1 is 1.28 bits per heavy atom. The molecule has 18 heavy (non-hydrogen) atoms. The van der Waals surface area contributed by atoms with Gasteiger partial charge in [0.15, 0.2) is 0 Å². The van der Waals surface area contributed by atoms with Crippen molar-refractivity contribution in [3.63, 3.8) is 0 Å². The fourth-order valence-electron chi connectivity index (χ4n) is 3.36. The van der Waals surface area contributed by atoms with Crippen molar-refractivity contribution in [3.05, 3.63) is 0 Å². The number of likely N-dealkylation sites (N-methyl/N-ethyl adjacent to an activating group) is 1. The Balaban J connectivity index is 1.85. The van der Waals surface area contributed by atoms with Crippen molar-refractivity contribution in [2.75, 3.05) is 39.3 Å². The molecule has 1 aliphatic heterocycles. The van der Waals surface area contributed by atoms with Crippen LogP contribution in [0.1, 0.15) is 33.1 Å². The lowest BCUT2D eigenvalue weighted by Gasteiger charge is -2.32. The zero-order valence-electron chi connectivity index (χ0n) is 11.9. The van der Waals surface area contributed by atoms with E-state index >= 15 is 0 Å². The van der Waals surface area contributed by atoms with E-state index in [-0.39, 0.29) is 0 Å². The molecule has 4 nitrogen and oxygen atoms in total. The number of hydrogen-bond acceptors (Lipinski definition) is 4. The first-order chi connectivity index (χ1) is 8.62. The fourth-order valence-corrected chi connectivity index (χ4v) is 3.36. The van der Waals surface area contributed by atoms with Crippen molar-refractivity contribution < 1.29 is 5.11 Å². The number of nitrogens with zero attached hydrogens (tertiary/aromatic N) is 2. The quantitative estimate of drug-likeness (QED) is 0.696. The van der Waals surface area contributed by atoms with Gasteiger partial charge < -0.3 is 10.8 Å². The molecule has 1 saturated heterocycles. The van der Waals surface area contributed by atoms with Gasteiger partial charge in [0.1, 0.15) is 0 Å². The molecule has 2 fully saturated rings. The predicted molar refractivity (Wildman–Crippen MR) is 74.5 cm³/mol.